The van der Waals surface area contributed by atoms with E-state index in [1.807, 2.05) is 20.0 Å². The van der Waals surface area contributed by atoms with Crippen molar-refractivity contribution >= 4 is 24.3 Å². The van der Waals surface area contributed by atoms with Gasteiger partial charge in [0.2, 0.25) is 18.2 Å². The largest absolute Gasteiger partial charge is 0.453 e. The molecule has 0 aliphatic heterocycles. The topological polar surface area (TPSA) is 175 Å². The minimum absolute atomic E-state index is 0.0329. The van der Waals surface area contributed by atoms with Gasteiger partial charge in [-0.1, -0.05) is 90.8 Å². The number of benzene rings is 2. The van der Waals surface area contributed by atoms with Crippen LogP contribution in [0.4, 0.5) is 4.79 Å². The second-order valence-corrected chi connectivity index (χ2v) is 13.8. The maximum atomic E-state index is 12.7. The highest BCUT2D eigenvalue weighted by atomic mass is 16.5. The van der Waals surface area contributed by atoms with Crippen LogP contribution < -0.4 is 10.6 Å². The summed E-state index contributed by atoms with van der Waals surface area (Å²) in [5.41, 5.74) is 8.91. The lowest BCUT2D eigenvalue weighted by molar-refractivity contribution is -0.132. The van der Waals surface area contributed by atoms with Gasteiger partial charge in [0.15, 0.2) is 0 Å². The fraction of sp³-hybridized carbons (Fsp3) is 0.500. The highest BCUT2D eigenvalue weighted by Gasteiger charge is 2.22. The van der Waals surface area contributed by atoms with Crippen molar-refractivity contribution in [1.82, 2.24) is 40.4 Å². The first kappa shape index (κ1) is 48.6. The maximum Gasteiger partial charge on any atom is 0.407 e. The fourth-order valence-electron chi connectivity index (χ4n) is 6.29. The number of hydrogen-bond donors (Lipinski definition) is 4. The summed E-state index contributed by atoms with van der Waals surface area (Å²) < 4.78 is 8.81. The van der Waals surface area contributed by atoms with Crippen molar-refractivity contribution in [2.45, 2.75) is 99.6 Å². The molecule has 1 aliphatic carbocycles. The summed E-state index contributed by atoms with van der Waals surface area (Å²) in [5.74, 6) is 1.01. The van der Waals surface area contributed by atoms with Crippen molar-refractivity contribution < 1.29 is 28.7 Å². The highest BCUT2D eigenvalue weighted by molar-refractivity contribution is 5.82. The molecule has 4 amide bonds. The summed E-state index contributed by atoms with van der Waals surface area (Å²) in [4.78, 5) is 66.6. The van der Waals surface area contributed by atoms with Crippen molar-refractivity contribution in [1.29, 1.82) is 0 Å². The summed E-state index contributed by atoms with van der Waals surface area (Å²) in [7, 11) is 4.51. The van der Waals surface area contributed by atoms with Gasteiger partial charge < -0.3 is 39.9 Å². The number of alkyl carbamates (subject to hydrolysis) is 1. The molecular formula is C44H66N8O6. The SMILES string of the molecule is CCC.CCC.CCCN(Cc1ncc(-c2ccc(-c3ccc(-c4cnc(CN(CCC)C(=O)CNC=O)[nH]4)c4c3CCC4)cc2)[nH]1)C(=O)CNC(=O)OC.COC. The van der Waals surface area contributed by atoms with Crippen LogP contribution in [0.2, 0.25) is 0 Å². The third-order valence-electron chi connectivity index (χ3n) is 8.62. The Bertz CT molecular complexity index is 1820. The Morgan fingerprint density at radius 3 is 1.69 bits per heavy atom. The van der Waals surface area contributed by atoms with Crippen LogP contribution in [0.15, 0.2) is 48.8 Å². The zero-order valence-electron chi connectivity index (χ0n) is 36.1. The lowest BCUT2D eigenvalue weighted by atomic mass is 9.92. The summed E-state index contributed by atoms with van der Waals surface area (Å²) in [5, 5.41) is 4.90. The van der Waals surface area contributed by atoms with Gasteiger partial charge in [-0.3, -0.25) is 14.4 Å². The van der Waals surface area contributed by atoms with E-state index in [-0.39, 0.29) is 24.9 Å². The number of carbonyl (C=O) groups excluding carboxylic acids is 4. The Kier molecular flexibility index (Phi) is 22.8. The molecule has 2 heterocycles. The number of aromatic amines is 2. The molecule has 2 aromatic heterocycles. The lowest BCUT2D eigenvalue weighted by Crippen LogP contribution is -2.40. The van der Waals surface area contributed by atoms with E-state index in [0.29, 0.717) is 44.2 Å². The van der Waals surface area contributed by atoms with Gasteiger partial charge in [-0.25, -0.2) is 14.8 Å². The van der Waals surface area contributed by atoms with E-state index in [4.69, 9.17) is 0 Å². The Balaban J connectivity index is 0.00000118. The molecular weight excluding hydrogens is 737 g/mol. The summed E-state index contributed by atoms with van der Waals surface area (Å²) in [6.07, 6.45) is 10.6. The quantitative estimate of drug-likeness (QED) is 0.0855. The predicted octanol–water partition coefficient (Wildman–Crippen LogP) is 7.30. The monoisotopic (exact) mass is 803 g/mol. The molecule has 58 heavy (non-hydrogen) atoms. The Morgan fingerprint density at radius 1 is 0.707 bits per heavy atom. The number of ether oxygens (including phenoxy) is 2. The van der Waals surface area contributed by atoms with Crippen LogP contribution >= 0.6 is 0 Å². The molecule has 0 bridgehead atoms. The normalized spacial score (nSPS) is 11.0. The number of H-pyrrole nitrogens is 2. The van der Waals surface area contributed by atoms with Crippen LogP contribution in [-0.4, -0.2) is 102 Å². The summed E-state index contributed by atoms with van der Waals surface area (Å²) >= 11 is 0. The van der Waals surface area contributed by atoms with Crippen LogP contribution in [0.5, 0.6) is 0 Å². The van der Waals surface area contributed by atoms with Gasteiger partial charge in [-0.2, -0.15) is 0 Å². The molecule has 0 saturated carbocycles. The smallest absolute Gasteiger partial charge is 0.407 e. The molecule has 14 nitrogen and oxygen atoms in total. The van der Waals surface area contributed by atoms with Crippen LogP contribution in [0.25, 0.3) is 33.6 Å². The van der Waals surface area contributed by atoms with E-state index in [2.05, 4.69) is 104 Å². The molecule has 4 aromatic rings. The number of methoxy groups -OCH3 is 2. The third-order valence-corrected chi connectivity index (χ3v) is 8.62. The molecule has 14 heteroatoms. The standard InChI is InChI=1S/C36H44N8O5.2C3H8.C2H6O/c1-4-15-43(34(46)19-37-23-45)22-33-39-18-31(42-33)29-14-13-26(27-7-6-8-28(27)29)24-9-11-25(12-10-24)30-17-38-32(41-30)21-44(16-5-2)35(47)20-40-36(48)49-3;3*1-3-2/h9-14,17-18,23H,4-8,15-16,19-22H2,1-3H3,(H,37,45)(H,38,41)(H,39,42)(H,40,48);2*3H2,1-2H3;1-2H3. The second-order valence-electron chi connectivity index (χ2n) is 13.8. The van der Waals surface area contributed by atoms with E-state index in [1.54, 1.807) is 30.2 Å². The molecule has 4 N–H and O–H groups in total. The Morgan fingerprint density at radius 2 is 1.17 bits per heavy atom. The first-order chi connectivity index (χ1) is 28.1. The van der Waals surface area contributed by atoms with E-state index < -0.39 is 6.09 Å². The number of aromatic nitrogens is 4. The number of carbonyl (C=O) groups is 4. The van der Waals surface area contributed by atoms with Crippen molar-refractivity contribution in [2.24, 2.45) is 0 Å². The molecule has 2 aromatic carbocycles. The summed E-state index contributed by atoms with van der Waals surface area (Å²) in [6, 6.07) is 12.7. The zero-order chi connectivity index (χ0) is 42.9. The van der Waals surface area contributed by atoms with Gasteiger partial charge in [0.1, 0.15) is 18.2 Å². The maximum absolute atomic E-state index is 12.7. The molecule has 0 unspecified atom stereocenters. The molecule has 0 atom stereocenters. The molecule has 0 radical (unpaired) electrons. The van der Waals surface area contributed by atoms with Crippen LogP contribution in [0.1, 0.15) is 96.4 Å². The molecule has 0 fully saturated rings. The average Bonchev–Trinajstić information content (AvgIpc) is 4.02. The molecule has 0 saturated heterocycles. The van der Waals surface area contributed by atoms with E-state index in [1.165, 1.54) is 36.6 Å². The van der Waals surface area contributed by atoms with E-state index >= 15 is 0 Å². The number of amides is 4. The van der Waals surface area contributed by atoms with Crippen molar-refractivity contribution in [2.75, 3.05) is 47.5 Å². The third kappa shape index (κ3) is 15.1. The minimum atomic E-state index is -0.645. The number of nitrogens with zero attached hydrogens (tertiary/aromatic N) is 4. The summed E-state index contributed by atoms with van der Waals surface area (Å²) in [6.45, 7) is 14.1. The van der Waals surface area contributed by atoms with Crippen LogP contribution in [0.3, 0.4) is 0 Å². The first-order valence-electron chi connectivity index (χ1n) is 20.4. The number of rotatable bonds is 16. The van der Waals surface area contributed by atoms with E-state index in [9.17, 15) is 19.2 Å². The van der Waals surface area contributed by atoms with Gasteiger partial charge in [-0.05, 0) is 59.9 Å². The molecule has 0 spiro atoms. The molecule has 1 aliphatic rings. The minimum Gasteiger partial charge on any atom is -0.453 e. The number of nitrogens with one attached hydrogen (secondary N) is 4. The van der Waals surface area contributed by atoms with Gasteiger partial charge >= 0.3 is 6.09 Å². The highest BCUT2D eigenvalue weighted by Crippen LogP contribution is 2.38. The van der Waals surface area contributed by atoms with Gasteiger partial charge in [0.25, 0.3) is 0 Å². The second kappa shape index (κ2) is 27.2. The Hall–Kier alpha value is -5.50. The van der Waals surface area contributed by atoms with Gasteiger partial charge in [0, 0.05) is 32.9 Å². The lowest BCUT2D eigenvalue weighted by Gasteiger charge is -2.21. The van der Waals surface area contributed by atoms with E-state index in [0.717, 1.165) is 60.2 Å². The number of imidazole rings is 2. The van der Waals surface area contributed by atoms with Crippen molar-refractivity contribution in [3.05, 3.63) is 71.6 Å². The fourth-order valence-corrected chi connectivity index (χ4v) is 6.29. The van der Waals surface area contributed by atoms with Gasteiger partial charge in [0.05, 0.1) is 50.5 Å². The van der Waals surface area contributed by atoms with Crippen LogP contribution in [0, 0.1) is 0 Å². The average molecular weight is 803 g/mol. The molecule has 318 valence electrons. The number of hydrogen-bond acceptors (Lipinski definition) is 8. The van der Waals surface area contributed by atoms with Gasteiger partial charge in [-0.15, -0.1) is 0 Å². The molecule has 5 rings (SSSR count). The number of fused-ring (bicyclic) bond motifs is 1. The van der Waals surface area contributed by atoms with Crippen molar-refractivity contribution in [3.63, 3.8) is 0 Å². The first-order valence-corrected chi connectivity index (χ1v) is 20.4. The predicted molar refractivity (Wildman–Crippen MR) is 230 cm³/mol. The Labute approximate surface area is 344 Å². The zero-order valence-corrected chi connectivity index (χ0v) is 36.1. The van der Waals surface area contributed by atoms with Crippen LogP contribution in [-0.2, 0) is 49.8 Å². The van der Waals surface area contributed by atoms with Crippen molar-refractivity contribution in [3.8, 4) is 33.6 Å².